The summed E-state index contributed by atoms with van der Waals surface area (Å²) in [5.41, 5.74) is 5.29. The lowest BCUT2D eigenvalue weighted by Gasteiger charge is -2.25. The van der Waals surface area contributed by atoms with Gasteiger partial charge in [-0.1, -0.05) is 72.3 Å². The molecule has 4 aromatic rings. The van der Waals surface area contributed by atoms with E-state index >= 15 is 0 Å². The van der Waals surface area contributed by atoms with E-state index in [0.29, 0.717) is 30.3 Å². The van der Waals surface area contributed by atoms with Gasteiger partial charge >= 0.3 is 0 Å². The van der Waals surface area contributed by atoms with Crippen molar-refractivity contribution in [3.05, 3.63) is 120 Å². The third kappa shape index (κ3) is 7.27. The van der Waals surface area contributed by atoms with E-state index < -0.39 is 22.5 Å². The van der Waals surface area contributed by atoms with Crippen LogP contribution in [0.25, 0.3) is 0 Å². The van der Waals surface area contributed by atoms with Crippen LogP contribution in [0, 0.1) is 6.92 Å². The van der Waals surface area contributed by atoms with Crippen LogP contribution in [0.4, 0.5) is 5.69 Å². The van der Waals surface area contributed by atoms with E-state index in [4.69, 9.17) is 9.47 Å². The van der Waals surface area contributed by atoms with Crippen molar-refractivity contribution >= 4 is 27.8 Å². The number of benzene rings is 4. The maximum atomic E-state index is 13.7. The smallest absolute Gasteiger partial charge is 0.264 e. The van der Waals surface area contributed by atoms with Crippen molar-refractivity contribution in [3.8, 4) is 11.5 Å². The minimum atomic E-state index is -4.10. The van der Waals surface area contributed by atoms with Crippen LogP contribution in [0.15, 0.2) is 113 Å². The molecular formula is C31H31N3O5S. The number of amides is 1. The van der Waals surface area contributed by atoms with Crippen LogP contribution >= 0.6 is 0 Å². The van der Waals surface area contributed by atoms with Gasteiger partial charge in [-0.2, -0.15) is 5.10 Å². The van der Waals surface area contributed by atoms with Crippen molar-refractivity contribution in [1.29, 1.82) is 0 Å². The summed E-state index contributed by atoms with van der Waals surface area (Å²) in [5.74, 6) is 0.320. The monoisotopic (exact) mass is 557 g/mol. The van der Waals surface area contributed by atoms with Crippen LogP contribution in [-0.4, -0.2) is 33.7 Å². The zero-order valence-electron chi connectivity index (χ0n) is 22.4. The fourth-order valence-electron chi connectivity index (χ4n) is 3.87. The quantitative estimate of drug-likeness (QED) is 0.188. The van der Waals surface area contributed by atoms with E-state index in [0.717, 1.165) is 15.4 Å². The second kappa shape index (κ2) is 13.4. The number of anilines is 1. The fourth-order valence-corrected chi connectivity index (χ4v) is 5.30. The van der Waals surface area contributed by atoms with Crippen LogP contribution in [0.3, 0.4) is 0 Å². The molecule has 0 heterocycles. The number of rotatable bonds is 12. The predicted octanol–water partition coefficient (Wildman–Crippen LogP) is 5.32. The number of carbonyl (C=O) groups excluding carboxylic acids is 1. The molecule has 1 amide bonds. The number of nitrogens with one attached hydrogen (secondary N) is 1. The summed E-state index contributed by atoms with van der Waals surface area (Å²) in [4.78, 5) is 13.1. The highest BCUT2D eigenvalue weighted by molar-refractivity contribution is 7.92. The van der Waals surface area contributed by atoms with Gasteiger partial charge in [0.25, 0.3) is 15.9 Å². The predicted molar refractivity (Wildman–Crippen MR) is 156 cm³/mol. The van der Waals surface area contributed by atoms with Gasteiger partial charge in [-0.15, -0.1) is 0 Å². The van der Waals surface area contributed by atoms with Crippen molar-refractivity contribution in [1.82, 2.24) is 5.43 Å². The molecule has 0 unspecified atom stereocenters. The van der Waals surface area contributed by atoms with Gasteiger partial charge in [0.2, 0.25) is 0 Å². The Morgan fingerprint density at radius 1 is 0.850 bits per heavy atom. The van der Waals surface area contributed by atoms with E-state index in [9.17, 15) is 13.2 Å². The lowest BCUT2D eigenvalue weighted by molar-refractivity contribution is -0.119. The standard InChI is InChI=1S/C31H31N3O5S/c1-3-38-30-16-10-8-14-28(30)34(40(36,37)27-19-17-24(2)18-20-27)22-31(35)33-32-21-26-13-7-9-15-29(26)39-23-25-11-5-4-6-12-25/h4-21H,3,22-23H2,1-2H3,(H,33,35)/b32-21+. The molecule has 0 bridgehead atoms. The Balaban J connectivity index is 1.53. The average Bonchev–Trinajstić information content (AvgIpc) is 2.97. The molecule has 0 atom stereocenters. The molecule has 0 radical (unpaired) electrons. The largest absolute Gasteiger partial charge is 0.492 e. The van der Waals surface area contributed by atoms with Crippen molar-refractivity contribution in [3.63, 3.8) is 0 Å². The maximum Gasteiger partial charge on any atom is 0.264 e. The molecule has 0 spiro atoms. The first-order valence-electron chi connectivity index (χ1n) is 12.8. The lowest BCUT2D eigenvalue weighted by Crippen LogP contribution is -2.39. The van der Waals surface area contributed by atoms with Gasteiger partial charge in [0.05, 0.1) is 23.4 Å². The number of nitrogens with zero attached hydrogens (tertiary/aromatic N) is 2. The van der Waals surface area contributed by atoms with E-state index in [1.807, 2.05) is 61.5 Å². The number of hydrazone groups is 1. The van der Waals surface area contributed by atoms with Crippen molar-refractivity contribution in [2.75, 3.05) is 17.5 Å². The SMILES string of the molecule is CCOc1ccccc1N(CC(=O)N/N=C/c1ccccc1OCc1ccccc1)S(=O)(=O)c1ccc(C)cc1. The van der Waals surface area contributed by atoms with E-state index in [2.05, 4.69) is 10.5 Å². The molecular weight excluding hydrogens is 526 g/mol. The van der Waals surface area contributed by atoms with Gasteiger partial charge in [-0.05, 0) is 55.8 Å². The summed E-state index contributed by atoms with van der Waals surface area (Å²) >= 11 is 0. The van der Waals surface area contributed by atoms with Gasteiger partial charge in [-0.25, -0.2) is 13.8 Å². The molecule has 40 heavy (non-hydrogen) atoms. The Bertz CT molecular complexity index is 1560. The molecule has 8 nitrogen and oxygen atoms in total. The van der Waals surface area contributed by atoms with Crippen molar-refractivity contribution in [2.45, 2.75) is 25.3 Å². The third-order valence-corrected chi connectivity index (χ3v) is 7.65. The van der Waals surface area contributed by atoms with Gasteiger partial charge in [0.15, 0.2) is 0 Å². The molecule has 206 valence electrons. The molecule has 4 aromatic carbocycles. The number of ether oxygens (including phenoxy) is 2. The Morgan fingerprint density at radius 3 is 2.23 bits per heavy atom. The summed E-state index contributed by atoms with van der Waals surface area (Å²) in [7, 11) is -4.10. The minimum Gasteiger partial charge on any atom is -0.492 e. The Labute approximate surface area is 234 Å². The highest BCUT2D eigenvalue weighted by atomic mass is 32.2. The second-order valence-corrected chi connectivity index (χ2v) is 10.7. The summed E-state index contributed by atoms with van der Waals surface area (Å²) in [5, 5.41) is 4.07. The molecule has 0 aromatic heterocycles. The van der Waals surface area contributed by atoms with Gasteiger partial charge in [-0.3, -0.25) is 9.10 Å². The van der Waals surface area contributed by atoms with Crippen molar-refractivity contribution < 1.29 is 22.7 Å². The number of hydrogen-bond donors (Lipinski definition) is 1. The average molecular weight is 558 g/mol. The molecule has 0 saturated carbocycles. The Hall–Kier alpha value is -4.63. The summed E-state index contributed by atoms with van der Waals surface area (Å²) in [6.07, 6.45) is 1.46. The number of aryl methyl sites for hydroxylation is 1. The van der Waals surface area contributed by atoms with Crippen LogP contribution in [-0.2, 0) is 21.4 Å². The molecule has 0 aliphatic rings. The molecule has 0 fully saturated rings. The number of carbonyl (C=O) groups is 1. The van der Waals surface area contributed by atoms with E-state index in [1.54, 1.807) is 43.3 Å². The highest BCUT2D eigenvalue weighted by Crippen LogP contribution is 2.32. The topological polar surface area (TPSA) is 97.3 Å². The van der Waals surface area contributed by atoms with Gasteiger partial charge in [0.1, 0.15) is 24.7 Å². The minimum absolute atomic E-state index is 0.0604. The first-order chi connectivity index (χ1) is 19.4. The maximum absolute atomic E-state index is 13.7. The second-order valence-electron chi connectivity index (χ2n) is 8.83. The zero-order valence-corrected chi connectivity index (χ0v) is 23.2. The third-order valence-electron chi connectivity index (χ3n) is 5.88. The molecule has 0 aliphatic heterocycles. The molecule has 9 heteroatoms. The van der Waals surface area contributed by atoms with Crippen LogP contribution in [0.1, 0.15) is 23.6 Å². The summed E-state index contributed by atoms with van der Waals surface area (Å²) in [6, 6.07) is 30.2. The van der Waals surface area contributed by atoms with Crippen LogP contribution in [0.5, 0.6) is 11.5 Å². The number of sulfonamides is 1. The Morgan fingerprint density at radius 2 is 1.50 bits per heavy atom. The number of para-hydroxylation sites is 3. The van der Waals surface area contributed by atoms with Crippen LogP contribution < -0.4 is 19.2 Å². The van der Waals surface area contributed by atoms with Gasteiger partial charge in [0, 0.05) is 5.56 Å². The normalized spacial score (nSPS) is 11.2. The van der Waals surface area contributed by atoms with Crippen molar-refractivity contribution in [2.24, 2.45) is 5.10 Å². The highest BCUT2D eigenvalue weighted by Gasteiger charge is 2.29. The molecule has 4 rings (SSSR count). The molecule has 0 aliphatic carbocycles. The van der Waals surface area contributed by atoms with Gasteiger partial charge < -0.3 is 9.47 Å². The number of hydrogen-bond acceptors (Lipinski definition) is 6. The first-order valence-corrected chi connectivity index (χ1v) is 14.2. The summed E-state index contributed by atoms with van der Waals surface area (Å²) in [6.45, 7) is 3.87. The zero-order chi connectivity index (χ0) is 28.4. The molecule has 0 saturated heterocycles. The Kier molecular flexibility index (Phi) is 9.53. The lowest BCUT2D eigenvalue weighted by atomic mass is 10.2. The first kappa shape index (κ1) is 28.4. The van der Waals surface area contributed by atoms with E-state index in [-0.39, 0.29) is 10.6 Å². The fraction of sp³-hybridized carbons (Fsp3) is 0.161. The van der Waals surface area contributed by atoms with Crippen LogP contribution in [0.2, 0.25) is 0 Å². The molecule has 1 N–H and O–H groups in total. The summed E-state index contributed by atoms with van der Waals surface area (Å²) < 4.78 is 40.0. The van der Waals surface area contributed by atoms with E-state index in [1.165, 1.54) is 18.3 Å².